The molecule has 24 heavy (non-hydrogen) atoms. The third-order valence-corrected chi connectivity index (χ3v) is 5.31. The zero-order valence-electron chi connectivity index (χ0n) is 12.7. The molecule has 0 bridgehead atoms. The summed E-state index contributed by atoms with van der Waals surface area (Å²) < 4.78 is 1.02. The molecule has 6 heteroatoms. The highest BCUT2D eigenvalue weighted by Crippen LogP contribution is 2.42. The molecular formula is C18H12BrN3OS. The maximum absolute atomic E-state index is 10.6. The zero-order chi connectivity index (χ0) is 16.7. The lowest BCUT2D eigenvalue weighted by atomic mass is 10.0. The van der Waals surface area contributed by atoms with Crippen molar-refractivity contribution in [2.24, 2.45) is 0 Å². The van der Waals surface area contributed by atoms with Gasteiger partial charge in [0.05, 0.1) is 5.39 Å². The standard InChI is InChI=1S/C18H12BrN3OS/c1-10-14(11-2-4-13(19)5-3-11)15-17(23)21-16(22-18(15)24-10)12-6-8-20-9-7-12/h2-9H,1H3,(H,21,22,23). The SMILES string of the molecule is Cc1sc2nc(-c3ccncc3)nc(O)c2c1-c1ccc(Br)cc1. The summed E-state index contributed by atoms with van der Waals surface area (Å²) in [5, 5.41) is 11.3. The molecule has 0 spiro atoms. The molecule has 4 aromatic rings. The van der Waals surface area contributed by atoms with E-state index >= 15 is 0 Å². The van der Waals surface area contributed by atoms with Crippen molar-refractivity contribution in [1.82, 2.24) is 15.0 Å². The molecule has 0 fully saturated rings. The molecule has 0 atom stereocenters. The first-order valence-electron chi connectivity index (χ1n) is 7.30. The Morgan fingerprint density at radius 3 is 2.38 bits per heavy atom. The van der Waals surface area contributed by atoms with E-state index in [9.17, 15) is 5.11 Å². The fraction of sp³-hybridized carbons (Fsp3) is 0.0556. The second kappa shape index (κ2) is 5.96. The van der Waals surface area contributed by atoms with Crippen LogP contribution in [0.5, 0.6) is 5.88 Å². The summed E-state index contributed by atoms with van der Waals surface area (Å²) >= 11 is 5.01. The average molecular weight is 398 g/mol. The van der Waals surface area contributed by atoms with E-state index in [0.29, 0.717) is 11.2 Å². The molecule has 4 nitrogen and oxygen atoms in total. The minimum atomic E-state index is 0.00841. The average Bonchev–Trinajstić information content (AvgIpc) is 2.93. The fourth-order valence-electron chi connectivity index (χ4n) is 2.69. The van der Waals surface area contributed by atoms with Crippen LogP contribution in [-0.4, -0.2) is 20.1 Å². The predicted molar refractivity (Wildman–Crippen MR) is 100 cm³/mol. The van der Waals surface area contributed by atoms with E-state index in [4.69, 9.17) is 0 Å². The Kier molecular flexibility index (Phi) is 3.78. The molecule has 3 heterocycles. The maximum Gasteiger partial charge on any atom is 0.224 e. The third kappa shape index (κ3) is 2.57. The minimum Gasteiger partial charge on any atom is -0.493 e. The lowest BCUT2D eigenvalue weighted by Gasteiger charge is -2.05. The molecule has 4 rings (SSSR count). The van der Waals surface area contributed by atoms with E-state index in [-0.39, 0.29) is 5.88 Å². The molecule has 0 saturated carbocycles. The lowest BCUT2D eigenvalue weighted by molar-refractivity contribution is 0.460. The molecular weight excluding hydrogens is 386 g/mol. The van der Waals surface area contributed by atoms with Crippen LogP contribution in [0, 0.1) is 6.92 Å². The van der Waals surface area contributed by atoms with Gasteiger partial charge in [-0.3, -0.25) is 4.98 Å². The largest absolute Gasteiger partial charge is 0.493 e. The number of rotatable bonds is 2. The van der Waals surface area contributed by atoms with E-state index in [1.54, 1.807) is 23.7 Å². The number of hydrogen-bond donors (Lipinski definition) is 1. The summed E-state index contributed by atoms with van der Waals surface area (Å²) in [6, 6.07) is 11.7. The number of benzene rings is 1. The molecule has 0 amide bonds. The number of thiophene rings is 1. The van der Waals surface area contributed by atoms with Crippen LogP contribution in [-0.2, 0) is 0 Å². The molecule has 0 aliphatic heterocycles. The van der Waals surface area contributed by atoms with Gasteiger partial charge in [-0.25, -0.2) is 4.98 Å². The van der Waals surface area contributed by atoms with E-state index in [1.807, 2.05) is 43.3 Å². The van der Waals surface area contributed by atoms with Crippen LogP contribution < -0.4 is 0 Å². The van der Waals surface area contributed by atoms with Crippen LogP contribution in [0.1, 0.15) is 4.88 Å². The molecule has 1 aromatic carbocycles. The lowest BCUT2D eigenvalue weighted by Crippen LogP contribution is -1.90. The Bertz CT molecular complexity index is 1030. The fourth-order valence-corrected chi connectivity index (χ4v) is 3.99. The van der Waals surface area contributed by atoms with Gasteiger partial charge >= 0.3 is 0 Å². The number of halogens is 1. The normalized spacial score (nSPS) is 11.1. The summed E-state index contributed by atoms with van der Waals surface area (Å²) in [6.07, 6.45) is 3.37. The van der Waals surface area contributed by atoms with Gasteiger partial charge in [-0.15, -0.1) is 11.3 Å². The molecule has 0 aliphatic rings. The number of nitrogens with zero attached hydrogens (tertiary/aromatic N) is 3. The van der Waals surface area contributed by atoms with Crippen LogP contribution in [0.4, 0.5) is 0 Å². The molecule has 0 aliphatic carbocycles. The molecule has 118 valence electrons. The van der Waals surface area contributed by atoms with Crippen molar-refractivity contribution in [1.29, 1.82) is 0 Å². The monoisotopic (exact) mass is 397 g/mol. The number of aromatic nitrogens is 3. The van der Waals surface area contributed by atoms with Gasteiger partial charge in [-0.05, 0) is 36.8 Å². The topological polar surface area (TPSA) is 58.9 Å². The maximum atomic E-state index is 10.6. The van der Waals surface area contributed by atoms with Crippen molar-refractivity contribution >= 4 is 37.5 Å². The smallest absolute Gasteiger partial charge is 0.224 e. The predicted octanol–water partition coefficient (Wildman–Crippen LogP) is 5.20. The van der Waals surface area contributed by atoms with E-state index in [2.05, 4.69) is 30.9 Å². The summed E-state index contributed by atoms with van der Waals surface area (Å²) in [5.41, 5.74) is 2.86. The Morgan fingerprint density at radius 2 is 1.67 bits per heavy atom. The first-order chi connectivity index (χ1) is 11.6. The van der Waals surface area contributed by atoms with Gasteiger partial charge in [0.1, 0.15) is 4.83 Å². The van der Waals surface area contributed by atoms with Crippen molar-refractivity contribution in [3.63, 3.8) is 0 Å². The van der Waals surface area contributed by atoms with Crippen molar-refractivity contribution in [3.8, 4) is 28.4 Å². The van der Waals surface area contributed by atoms with Gasteiger partial charge in [0.2, 0.25) is 5.88 Å². The molecule has 0 saturated heterocycles. The van der Waals surface area contributed by atoms with E-state index in [0.717, 1.165) is 30.9 Å². The van der Waals surface area contributed by atoms with Gasteiger partial charge < -0.3 is 5.11 Å². The van der Waals surface area contributed by atoms with Crippen LogP contribution in [0.2, 0.25) is 0 Å². The van der Waals surface area contributed by atoms with Gasteiger partial charge in [-0.2, -0.15) is 4.98 Å². The molecule has 1 N–H and O–H groups in total. The summed E-state index contributed by atoms with van der Waals surface area (Å²) in [6.45, 7) is 2.04. The second-order valence-corrected chi connectivity index (χ2v) is 7.45. The zero-order valence-corrected chi connectivity index (χ0v) is 15.1. The van der Waals surface area contributed by atoms with Crippen molar-refractivity contribution in [2.75, 3.05) is 0 Å². The third-order valence-electron chi connectivity index (χ3n) is 3.78. The van der Waals surface area contributed by atoms with Crippen molar-refractivity contribution in [3.05, 3.63) is 58.1 Å². The van der Waals surface area contributed by atoms with Crippen molar-refractivity contribution < 1.29 is 5.11 Å². The number of fused-ring (bicyclic) bond motifs is 1. The van der Waals surface area contributed by atoms with Gasteiger partial charge in [0.25, 0.3) is 0 Å². The van der Waals surface area contributed by atoms with Crippen LogP contribution in [0.25, 0.3) is 32.7 Å². The van der Waals surface area contributed by atoms with E-state index < -0.39 is 0 Å². The number of pyridine rings is 1. The van der Waals surface area contributed by atoms with Gasteiger partial charge in [0, 0.05) is 32.9 Å². The highest BCUT2D eigenvalue weighted by atomic mass is 79.9. The number of hydrogen-bond acceptors (Lipinski definition) is 5. The minimum absolute atomic E-state index is 0.00841. The summed E-state index contributed by atoms with van der Waals surface area (Å²) in [7, 11) is 0. The highest BCUT2D eigenvalue weighted by molar-refractivity contribution is 9.10. The quantitative estimate of drug-likeness (QED) is 0.505. The Labute approximate surface area is 151 Å². The Morgan fingerprint density at radius 1 is 0.958 bits per heavy atom. The molecule has 0 unspecified atom stereocenters. The van der Waals surface area contributed by atoms with Crippen LogP contribution >= 0.6 is 27.3 Å². The van der Waals surface area contributed by atoms with Crippen molar-refractivity contribution in [2.45, 2.75) is 6.92 Å². The number of aromatic hydroxyl groups is 1. The first-order valence-corrected chi connectivity index (χ1v) is 8.91. The second-order valence-electron chi connectivity index (χ2n) is 5.33. The van der Waals surface area contributed by atoms with Gasteiger partial charge in [-0.1, -0.05) is 28.1 Å². The van der Waals surface area contributed by atoms with E-state index in [1.165, 1.54) is 0 Å². The Hall–Kier alpha value is -2.31. The van der Waals surface area contributed by atoms with Crippen LogP contribution in [0.15, 0.2) is 53.3 Å². The van der Waals surface area contributed by atoms with Gasteiger partial charge in [0.15, 0.2) is 5.82 Å². The summed E-state index contributed by atoms with van der Waals surface area (Å²) in [5.74, 6) is 0.514. The Balaban J connectivity index is 1.95. The highest BCUT2D eigenvalue weighted by Gasteiger charge is 2.18. The summed E-state index contributed by atoms with van der Waals surface area (Å²) in [4.78, 5) is 14.8. The molecule has 0 radical (unpaired) electrons. The first kappa shape index (κ1) is 15.2. The number of aryl methyl sites for hydroxylation is 1. The molecule has 3 aromatic heterocycles. The van der Waals surface area contributed by atoms with Crippen LogP contribution in [0.3, 0.4) is 0 Å².